The highest BCUT2D eigenvalue weighted by Gasteiger charge is 2.11. The molecule has 21 heavy (non-hydrogen) atoms. The summed E-state index contributed by atoms with van der Waals surface area (Å²) in [5, 5.41) is 0. The molecule has 0 aromatic heterocycles. The van der Waals surface area contributed by atoms with Gasteiger partial charge < -0.3 is 14.2 Å². The lowest BCUT2D eigenvalue weighted by Gasteiger charge is -2.06. The van der Waals surface area contributed by atoms with Crippen LogP contribution in [0.1, 0.15) is 10.4 Å². The van der Waals surface area contributed by atoms with Gasteiger partial charge in [0.25, 0.3) is 0 Å². The number of hydrogen-bond acceptors (Lipinski definition) is 5. The molecule has 0 heterocycles. The van der Waals surface area contributed by atoms with E-state index in [4.69, 9.17) is 14.2 Å². The normalized spacial score (nSPS) is 9.76. The second-order valence-electron chi connectivity index (χ2n) is 4.09. The van der Waals surface area contributed by atoms with Gasteiger partial charge in [0.15, 0.2) is 6.61 Å². The lowest BCUT2D eigenvalue weighted by atomic mass is 10.2. The summed E-state index contributed by atoms with van der Waals surface area (Å²) in [5.41, 5.74) is 0.336. The predicted octanol–water partition coefficient (Wildman–Crippen LogP) is 2.46. The summed E-state index contributed by atoms with van der Waals surface area (Å²) >= 11 is 0. The highest BCUT2D eigenvalue weighted by atomic mass is 16.6. The van der Waals surface area contributed by atoms with E-state index in [-0.39, 0.29) is 0 Å². The molecule has 2 aromatic rings. The molecule has 0 saturated heterocycles. The number of rotatable bonds is 5. The molecule has 2 aromatic carbocycles. The second kappa shape index (κ2) is 7.09. The summed E-state index contributed by atoms with van der Waals surface area (Å²) in [6.45, 7) is -0.445. The van der Waals surface area contributed by atoms with Crippen molar-refractivity contribution in [3.05, 3.63) is 60.2 Å². The van der Waals surface area contributed by atoms with Crippen molar-refractivity contribution in [3.8, 4) is 11.5 Å². The molecule has 2 rings (SSSR count). The third-order valence-corrected chi connectivity index (χ3v) is 2.62. The molecule has 0 radical (unpaired) electrons. The second-order valence-corrected chi connectivity index (χ2v) is 4.09. The van der Waals surface area contributed by atoms with E-state index < -0.39 is 18.5 Å². The van der Waals surface area contributed by atoms with Crippen molar-refractivity contribution < 1.29 is 23.8 Å². The van der Waals surface area contributed by atoms with E-state index in [0.29, 0.717) is 17.1 Å². The standard InChI is InChI=1S/C16H14O5/c1-19-13-9-7-12(8-10-13)16(18)20-11-15(17)21-14-5-3-2-4-6-14/h2-10H,11H2,1H3. The smallest absolute Gasteiger partial charge is 0.349 e. The van der Waals surface area contributed by atoms with Crippen LogP contribution in [0.3, 0.4) is 0 Å². The van der Waals surface area contributed by atoms with Gasteiger partial charge in [0.05, 0.1) is 12.7 Å². The fourth-order valence-corrected chi connectivity index (χ4v) is 1.58. The quantitative estimate of drug-likeness (QED) is 0.624. The first-order valence-electron chi connectivity index (χ1n) is 6.26. The molecule has 0 atom stereocenters. The van der Waals surface area contributed by atoms with Gasteiger partial charge in [-0.3, -0.25) is 0 Å². The maximum atomic E-state index is 11.7. The van der Waals surface area contributed by atoms with Crippen LogP contribution in [0, 0.1) is 0 Å². The number of para-hydroxylation sites is 1. The van der Waals surface area contributed by atoms with Crippen LogP contribution in [-0.4, -0.2) is 25.7 Å². The monoisotopic (exact) mass is 286 g/mol. The first kappa shape index (κ1) is 14.6. The number of esters is 2. The van der Waals surface area contributed by atoms with Crippen LogP contribution >= 0.6 is 0 Å². The highest BCUT2D eigenvalue weighted by Crippen LogP contribution is 2.12. The zero-order valence-corrected chi connectivity index (χ0v) is 11.4. The van der Waals surface area contributed by atoms with Crippen molar-refractivity contribution >= 4 is 11.9 Å². The minimum absolute atomic E-state index is 0.336. The molecule has 5 nitrogen and oxygen atoms in total. The first-order valence-corrected chi connectivity index (χ1v) is 6.26. The molecule has 0 N–H and O–H groups in total. The van der Waals surface area contributed by atoms with Crippen molar-refractivity contribution in [2.45, 2.75) is 0 Å². The fraction of sp³-hybridized carbons (Fsp3) is 0.125. The van der Waals surface area contributed by atoms with E-state index in [0.717, 1.165) is 0 Å². The summed E-state index contributed by atoms with van der Waals surface area (Å²) in [4.78, 5) is 23.3. The molecule has 0 aliphatic carbocycles. The summed E-state index contributed by atoms with van der Waals surface area (Å²) in [7, 11) is 1.53. The van der Waals surface area contributed by atoms with Crippen molar-refractivity contribution in [1.29, 1.82) is 0 Å². The minimum Gasteiger partial charge on any atom is -0.497 e. The van der Waals surface area contributed by atoms with E-state index in [9.17, 15) is 9.59 Å². The van der Waals surface area contributed by atoms with Crippen LogP contribution in [0.15, 0.2) is 54.6 Å². The topological polar surface area (TPSA) is 61.8 Å². The van der Waals surface area contributed by atoms with Gasteiger partial charge in [0.2, 0.25) is 0 Å². The average molecular weight is 286 g/mol. The van der Waals surface area contributed by atoms with E-state index in [1.165, 1.54) is 7.11 Å². The van der Waals surface area contributed by atoms with Crippen LogP contribution in [-0.2, 0) is 9.53 Å². The molecule has 0 unspecified atom stereocenters. The minimum atomic E-state index is -0.636. The van der Waals surface area contributed by atoms with Crippen LogP contribution in [0.25, 0.3) is 0 Å². The molecule has 0 aliphatic rings. The largest absolute Gasteiger partial charge is 0.497 e. The summed E-state index contributed by atoms with van der Waals surface area (Å²) in [5.74, 6) is -0.191. The first-order chi connectivity index (χ1) is 10.2. The number of carbonyl (C=O) groups is 2. The molecule has 0 amide bonds. The van der Waals surface area contributed by atoms with Gasteiger partial charge in [-0.05, 0) is 36.4 Å². The Morgan fingerprint density at radius 1 is 0.905 bits per heavy atom. The molecular weight excluding hydrogens is 272 g/mol. The van der Waals surface area contributed by atoms with Gasteiger partial charge in [0.1, 0.15) is 11.5 Å². The lowest BCUT2D eigenvalue weighted by molar-refractivity contribution is -0.137. The lowest BCUT2D eigenvalue weighted by Crippen LogP contribution is -2.18. The van der Waals surface area contributed by atoms with E-state index in [1.54, 1.807) is 54.6 Å². The molecule has 0 saturated carbocycles. The predicted molar refractivity (Wildman–Crippen MR) is 75.4 cm³/mol. The number of methoxy groups -OCH3 is 1. The van der Waals surface area contributed by atoms with Crippen LogP contribution < -0.4 is 9.47 Å². The number of ether oxygens (including phenoxy) is 3. The Labute approximate surface area is 122 Å². The van der Waals surface area contributed by atoms with Crippen molar-refractivity contribution in [2.75, 3.05) is 13.7 Å². The Balaban J connectivity index is 1.84. The number of benzene rings is 2. The van der Waals surface area contributed by atoms with E-state index >= 15 is 0 Å². The van der Waals surface area contributed by atoms with Gasteiger partial charge >= 0.3 is 11.9 Å². The van der Waals surface area contributed by atoms with Crippen molar-refractivity contribution in [3.63, 3.8) is 0 Å². The third-order valence-electron chi connectivity index (χ3n) is 2.62. The summed E-state index contributed by atoms with van der Waals surface area (Å²) in [6.07, 6.45) is 0. The summed E-state index contributed by atoms with van der Waals surface area (Å²) in [6, 6.07) is 15.0. The Bertz CT molecular complexity index is 604. The SMILES string of the molecule is COc1ccc(C(=O)OCC(=O)Oc2ccccc2)cc1. The number of hydrogen-bond donors (Lipinski definition) is 0. The molecule has 108 valence electrons. The molecule has 0 spiro atoms. The van der Waals surface area contributed by atoms with E-state index in [1.807, 2.05) is 0 Å². The molecule has 5 heteroatoms. The highest BCUT2D eigenvalue weighted by molar-refractivity contribution is 5.91. The maximum Gasteiger partial charge on any atom is 0.349 e. The Morgan fingerprint density at radius 3 is 2.19 bits per heavy atom. The molecular formula is C16H14O5. The van der Waals surface area contributed by atoms with Gasteiger partial charge in [-0.15, -0.1) is 0 Å². The maximum absolute atomic E-state index is 11.7. The molecule has 0 aliphatic heterocycles. The molecule has 0 bridgehead atoms. The molecule has 0 fully saturated rings. The van der Waals surface area contributed by atoms with Crippen LogP contribution in [0.5, 0.6) is 11.5 Å². The van der Waals surface area contributed by atoms with Gasteiger partial charge in [-0.2, -0.15) is 0 Å². The van der Waals surface area contributed by atoms with Crippen molar-refractivity contribution in [2.24, 2.45) is 0 Å². The zero-order chi connectivity index (χ0) is 15.1. The number of carbonyl (C=O) groups excluding carboxylic acids is 2. The van der Waals surface area contributed by atoms with Gasteiger partial charge in [0, 0.05) is 0 Å². The Hall–Kier alpha value is -2.82. The third kappa shape index (κ3) is 4.35. The van der Waals surface area contributed by atoms with E-state index in [2.05, 4.69) is 0 Å². The zero-order valence-electron chi connectivity index (χ0n) is 11.4. The van der Waals surface area contributed by atoms with Gasteiger partial charge in [-0.25, -0.2) is 9.59 Å². The average Bonchev–Trinajstić information content (AvgIpc) is 2.53. The van der Waals surface area contributed by atoms with Crippen LogP contribution in [0.4, 0.5) is 0 Å². The Kier molecular flexibility index (Phi) is 4.93. The van der Waals surface area contributed by atoms with Gasteiger partial charge in [-0.1, -0.05) is 18.2 Å². The fourth-order valence-electron chi connectivity index (χ4n) is 1.58. The Morgan fingerprint density at radius 2 is 1.57 bits per heavy atom. The van der Waals surface area contributed by atoms with Crippen LogP contribution in [0.2, 0.25) is 0 Å². The van der Waals surface area contributed by atoms with Crippen molar-refractivity contribution in [1.82, 2.24) is 0 Å². The summed E-state index contributed by atoms with van der Waals surface area (Å²) < 4.78 is 14.9.